The van der Waals surface area contributed by atoms with Crippen LogP contribution in [0, 0.1) is 0 Å². The van der Waals surface area contributed by atoms with Crippen molar-refractivity contribution < 1.29 is 9.53 Å². The van der Waals surface area contributed by atoms with Gasteiger partial charge in [0, 0.05) is 18.8 Å². The number of nitrogens with one attached hydrogen (secondary N) is 2. The maximum atomic E-state index is 12.1. The van der Waals surface area contributed by atoms with E-state index in [4.69, 9.17) is 4.74 Å². The standard InChI is InChI=1S/C12H22N2O2/c1-12(5-8-16-9-6-12)14-11(15)10-4-2-3-7-13-10/h10,13H,2-9H2,1H3,(H,14,15)/t10-/m0/s1. The molecular weight excluding hydrogens is 204 g/mol. The molecule has 1 amide bonds. The molecule has 16 heavy (non-hydrogen) atoms. The third-order valence-corrected chi connectivity index (χ3v) is 3.65. The van der Waals surface area contributed by atoms with E-state index in [2.05, 4.69) is 17.6 Å². The number of piperidine rings is 1. The molecule has 1 atom stereocenters. The molecule has 4 heteroatoms. The first-order chi connectivity index (χ1) is 7.70. The molecule has 92 valence electrons. The van der Waals surface area contributed by atoms with E-state index in [9.17, 15) is 4.79 Å². The summed E-state index contributed by atoms with van der Waals surface area (Å²) in [7, 11) is 0. The number of amides is 1. The van der Waals surface area contributed by atoms with E-state index in [1.165, 1.54) is 6.42 Å². The van der Waals surface area contributed by atoms with Crippen LogP contribution in [0.4, 0.5) is 0 Å². The van der Waals surface area contributed by atoms with E-state index < -0.39 is 0 Å². The van der Waals surface area contributed by atoms with Gasteiger partial charge in [-0.05, 0) is 39.2 Å². The van der Waals surface area contributed by atoms with Crippen LogP contribution < -0.4 is 10.6 Å². The largest absolute Gasteiger partial charge is 0.381 e. The number of carbonyl (C=O) groups is 1. The molecule has 2 heterocycles. The van der Waals surface area contributed by atoms with E-state index >= 15 is 0 Å². The lowest BCUT2D eigenvalue weighted by molar-refractivity contribution is -0.126. The Bertz CT molecular complexity index is 243. The van der Waals surface area contributed by atoms with Crippen LogP contribution in [-0.4, -0.2) is 37.2 Å². The van der Waals surface area contributed by atoms with Crippen molar-refractivity contribution in [2.75, 3.05) is 19.8 Å². The Kier molecular flexibility index (Phi) is 3.82. The second-order valence-corrected chi connectivity index (χ2v) is 5.16. The van der Waals surface area contributed by atoms with E-state index in [0.29, 0.717) is 0 Å². The van der Waals surface area contributed by atoms with E-state index in [-0.39, 0.29) is 17.5 Å². The number of hydrogen-bond acceptors (Lipinski definition) is 3. The molecule has 2 aliphatic rings. The normalized spacial score (nSPS) is 29.7. The molecule has 2 saturated heterocycles. The highest BCUT2D eigenvalue weighted by atomic mass is 16.5. The van der Waals surface area contributed by atoms with Gasteiger partial charge in [-0.25, -0.2) is 0 Å². The van der Waals surface area contributed by atoms with E-state index in [0.717, 1.165) is 45.4 Å². The first kappa shape index (κ1) is 11.9. The number of ether oxygens (including phenoxy) is 1. The average molecular weight is 226 g/mol. The molecule has 0 aromatic carbocycles. The molecule has 4 nitrogen and oxygen atoms in total. The Morgan fingerprint density at radius 2 is 2.12 bits per heavy atom. The number of carbonyl (C=O) groups excluding carboxylic acids is 1. The molecule has 2 aliphatic heterocycles. The van der Waals surface area contributed by atoms with Gasteiger partial charge in [-0.1, -0.05) is 6.42 Å². The van der Waals surface area contributed by atoms with Gasteiger partial charge in [-0.3, -0.25) is 4.79 Å². The van der Waals surface area contributed by atoms with Crippen molar-refractivity contribution in [2.45, 2.75) is 50.6 Å². The first-order valence-corrected chi connectivity index (χ1v) is 6.33. The quantitative estimate of drug-likeness (QED) is 0.732. The summed E-state index contributed by atoms with van der Waals surface area (Å²) in [6.45, 7) is 4.61. The zero-order valence-electron chi connectivity index (χ0n) is 10.1. The minimum absolute atomic E-state index is 0.0217. The van der Waals surface area contributed by atoms with Crippen molar-refractivity contribution in [1.29, 1.82) is 0 Å². The van der Waals surface area contributed by atoms with Crippen LogP contribution in [0.1, 0.15) is 39.0 Å². The van der Waals surface area contributed by atoms with Crippen LogP contribution in [0.15, 0.2) is 0 Å². The van der Waals surface area contributed by atoms with Crippen molar-refractivity contribution in [3.8, 4) is 0 Å². The zero-order valence-corrected chi connectivity index (χ0v) is 10.1. The Labute approximate surface area is 97.1 Å². The summed E-state index contributed by atoms with van der Waals surface area (Å²) in [5.74, 6) is 0.170. The fourth-order valence-corrected chi connectivity index (χ4v) is 2.41. The Morgan fingerprint density at radius 3 is 2.75 bits per heavy atom. The molecule has 0 unspecified atom stereocenters. The summed E-state index contributed by atoms with van der Waals surface area (Å²) in [4.78, 5) is 12.1. The number of rotatable bonds is 2. The van der Waals surface area contributed by atoms with Crippen LogP contribution in [0.5, 0.6) is 0 Å². The third kappa shape index (κ3) is 2.95. The van der Waals surface area contributed by atoms with Crippen molar-refractivity contribution in [1.82, 2.24) is 10.6 Å². The van der Waals surface area contributed by atoms with Gasteiger partial charge in [0.2, 0.25) is 5.91 Å². The van der Waals surface area contributed by atoms with Crippen LogP contribution in [-0.2, 0) is 9.53 Å². The predicted octanol–water partition coefficient (Wildman–Crippen LogP) is 0.814. The molecule has 2 rings (SSSR count). The van der Waals surface area contributed by atoms with Crippen LogP contribution in [0.2, 0.25) is 0 Å². The highest BCUT2D eigenvalue weighted by molar-refractivity contribution is 5.82. The van der Waals surface area contributed by atoms with Gasteiger partial charge < -0.3 is 15.4 Å². The van der Waals surface area contributed by atoms with Gasteiger partial charge in [0.05, 0.1) is 6.04 Å². The van der Waals surface area contributed by atoms with Gasteiger partial charge in [0.1, 0.15) is 0 Å². The minimum atomic E-state index is -0.0611. The molecule has 0 aliphatic carbocycles. The fourth-order valence-electron chi connectivity index (χ4n) is 2.41. The highest BCUT2D eigenvalue weighted by Gasteiger charge is 2.31. The van der Waals surface area contributed by atoms with Gasteiger partial charge in [-0.15, -0.1) is 0 Å². The lowest BCUT2D eigenvalue weighted by Crippen LogP contribution is -2.56. The molecule has 0 spiro atoms. The maximum Gasteiger partial charge on any atom is 0.237 e. The summed E-state index contributed by atoms with van der Waals surface area (Å²) in [5.41, 5.74) is -0.0611. The molecule has 0 aromatic heterocycles. The lowest BCUT2D eigenvalue weighted by atomic mass is 9.91. The van der Waals surface area contributed by atoms with Gasteiger partial charge in [0.25, 0.3) is 0 Å². The van der Waals surface area contributed by atoms with Crippen LogP contribution >= 0.6 is 0 Å². The summed E-state index contributed by atoms with van der Waals surface area (Å²) < 4.78 is 5.33. The van der Waals surface area contributed by atoms with E-state index in [1.54, 1.807) is 0 Å². The molecule has 0 saturated carbocycles. The van der Waals surface area contributed by atoms with E-state index in [1.807, 2.05) is 0 Å². The number of hydrogen-bond donors (Lipinski definition) is 2. The molecule has 0 radical (unpaired) electrons. The van der Waals surface area contributed by atoms with Gasteiger partial charge in [-0.2, -0.15) is 0 Å². The third-order valence-electron chi connectivity index (χ3n) is 3.65. The van der Waals surface area contributed by atoms with Crippen molar-refractivity contribution in [2.24, 2.45) is 0 Å². The predicted molar refractivity (Wildman–Crippen MR) is 62.2 cm³/mol. The van der Waals surface area contributed by atoms with Crippen molar-refractivity contribution in [3.05, 3.63) is 0 Å². The Morgan fingerprint density at radius 1 is 1.38 bits per heavy atom. The summed E-state index contributed by atoms with van der Waals surface area (Å²) >= 11 is 0. The lowest BCUT2D eigenvalue weighted by Gasteiger charge is -2.36. The SMILES string of the molecule is CC1(NC(=O)[C@@H]2CCCCN2)CCOCC1. The summed E-state index contributed by atoms with van der Waals surface area (Å²) in [6, 6.07) is 0.0217. The second-order valence-electron chi connectivity index (χ2n) is 5.16. The topological polar surface area (TPSA) is 50.4 Å². The zero-order chi connectivity index (χ0) is 11.4. The summed E-state index contributed by atoms with van der Waals surface area (Å²) in [6.07, 6.45) is 5.16. The molecule has 0 bridgehead atoms. The minimum Gasteiger partial charge on any atom is -0.381 e. The van der Waals surface area contributed by atoms with Crippen LogP contribution in [0.3, 0.4) is 0 Å². The molecule has 2 fully saturated rings. The fraction of sp³-hybridized carbons (Fsp3) is 0.917. The van der Waals surface area contributed by atoms with Crippen molar-refractivity contribution >= 4 is 5.91 Å². The molecule has 0 aromatic rings. The molecular formula is C12H22N2O2. The highest BCUT2D eigenvalue weighted by Crippen LogP contribution is 2.20. The summed E-state index contributed by atoms with van der Waals surface area (Å²) in [5, 5.41) is 6.47. The van der Waals surface area contributed by atoms with Crippen LogP contribution in [0.25, 0.3) is 0 Å². The maximum absolute atomic E-state index is 12.1. The average Bonchev–Trinajstić information content (AvgIpc) is 2.30. The Balaban J connectivity index is 1.85. The van der Waals surface area contributed by atoms with Gasteiger partial charge in [0.15, 0.2) is 0 Å². The smallest absolute Gasteiger partial charge is 0.237 e. The first-order valence-electron chi connectivity index (χ1n) is 6.33. The second kappa shape index (κ2) is 5.15. The monoisotopic (exact) mass is 226 g/mol. The van der Waals surface area contributed by atoms with Gasteiger partial charge >= 0.3 is 0 Å². The Hall–Kier alpha value is -0.610. The molecule has 2 N–H and O–H groups in total. The van der Waals surface area contributed by atoms with Crippen molar-refractivity contribution in [3.63, 3.8) is 0 Å².